The highest BCUT2D eigenvalue weighted by atomic mass is 32.2. The Morgan fingerprint density at radius 1 is 1.05 bits per heavy atom. The summed E-state index contributed by atoms with van der Waals surface area (Å²) in [7, 11) is 0. The highest BCUT2D eigenvalue weighted by Gasteiger charge is 2.28. The van der Waals surface area contributed by atoms with E-state index in [0.717, 1.165) is 17.1 Å². The summed E-state index contributed by atoms with van der Waals surface area (Å²) in [4.78, 5) is 1.17. The average Bonchev–Trinajstić information content (AvgIpc) is 3.28. The van der Waals surface area contributed by atoms with Crippen LogP contribution in [0.3, 0.4) is 0 Å². The van der Waals surface area contributed by atoms with Crippen molar-refractivity contribution in [1.29, 1.82) is 0 Å². The van der Waals surface area contributed by atoms with E-state index in [1.54, 1.807) is 11.9 Å². The molecule has 0 atom stereocenters. The molecule has 0 spiro atoms. The highest BCUT2D eigenvalue weighted by Crippen LogP contribution is 2.46. The lowest BCUT2D eigenvalue weighted by Crippen LogP contribution is -1.96. The van der Waals surface area contributed by atoms with Crippen molar-refractivity contribution in [2.45, 2.75) is 23.7 Å². The number of benzene rings is 2. The van der Waals surface area contributed by atoms with Crippen LogP contribution in [0.15, 0.2) is 53.4 Å². The topological polar surface area (TPSA) is 66.5 Å². The van der Waals surface area contributed by atoms with Gasteiger partial charge in [0.15, 0.2) is 5.82 Å². The summed E-state index contributed by atoms with van der Waals surface area (Å²) >= 11 is 1.59. The number of rotatable bonds is 5. The van der Waals surface area contributed by atoms with Crippen molar-refractivity contribution in [1.82, 2.24) is 20.6 Å². The maximum Gasteiger partial charge on any atom is 0.181 e. The predicted octanol–water partition coefficient (Wildman–Crippen LogP) is 3.86. The zero-order chi connectivity index (χ0) is 14.8. The summed E-state index contributed by atoms with van der Waals surface area (Å²) in [5, 5.41) is 14.4. The molecule has 0 radical (unpaired) electrons. The van der Waals surface area contributed by atoms with Gasteiger partial charge in [-0.25, -0.2) is 5.10 Å². The summed E-state index contributed by atoms with van der Waals surface area (Å²) in [6, 6.07) is 16.6. The summed E-state index contributed by atoms with van der Waals surface area (Å²) in [5.74, 6) is 1.35. The number of hydrogen-bond acceptors (Lipinski definition) is 5. The third kappa shape index (κ3) is 2.69. The van der Waals surface area contributed by atoms with E-state index >= 15 is 0 Å². The van der Waals surface area contributed by atoms with Crippen molar-refractivity contribution in [2.75, 3.05) is 4.72 Å². The van der Waals surface area contributed by atoms with Crippen molar-refractivity contribution >= 4 is 17.6 Å². The quantitative estimate of drug-likeness (QED) is 0.700. The third-order valence-electron chi connectivity index (χ3n) is 3.72. The van der Waals surface area contributed by atoms with Gasteiger partial charge in [0.2, 0.25) is 0 Å². The van der Waals surface area contributed by atoms with Gasteiger partial charge >= 0.3 is 0 Å². The van der Waals surface area contributed by atoms with E-state index in [0.29, 0.717) is 5.92 Å². The minimum Gasteiger partial charge on any atom is -0.325 e. The molecule has 3 aromatic rings. The Balaban J connectivity index is 1.68. The molecule has 6 heteroatoms. The summed E-state index contributed by atoms with van der Waals surface area (Å²) in [5.41, 5.74) is 3.44. The molecule has 1 fully saturated rings. The molecule has 110 valence electrons. The van der Waals surface area contributed by atoms with Gasteiger partial charge in [0, 0.05) is 10.5 Å². The van der Waals surface area contributed by atoms with Crippen LogP contribution in [0.4, 0.5) is 5.69 Å². The molecule has 0 bridgehead atoms. The number of nitrogens with zero attached hydrogens (tertiary/aromatic N) is 3. The fraction of sp³-hybridized carbons (Fsp3) is 0.188. The lowest BCUT2D eigenvalue weighted by atomic mass is 10.0. The summed E-state index contributed by atoms with van der Waals surface area (Å²) in [6.45, 7) is 0. The lowest BCUT2D eigenvalue weighted by molar-refractivity contribution is 0.881. The monoisotopic (exact) mass is 309 g/mol. The van der Waals surface area contributed by atoms with Crippen molar-refractivity contribution in [2.24, 2.45) is 0 Å². The van der Waals surface area contributed by atoms with E-state index in [1.165, 1.54) is 23.3 Å². The Bertz CT molecular complexity index is 753. The molecule has 1 aliphatic rings. The van der Waals surface area contributed by atoms with Crippen LogP contribution in [0.25, 0.3) is 11.4 Å². The van der Waals surface area contributed by atoms with Gasteiger partial charge in [0.25, 0.3) is 0 Å². The van der Waals surface area contributed by atoms with Gasteiger partial charge < -0.3 is 4.72 Å². The van der Waals surface area contributed by atoms with E-state index in [-0.39, 0.29) is 0 Å². The van der Waals surface area contributed by atoms with Gasteiger partial charge in [-0.2, -0.15) is 0 Å². The van der Waals surface area contributed by atoms with Crippen LogP contribution >= 0.6 is 11.9 Å². The molecule has 2 aromatic carbocycles. The van der Waals surface area contributed by atoms with Gasteiger partial charge in [-0.3, -0.25) is 0 Å². The van der Waals surface area contributed by atoms with Crippen LogP contribution in [-0.4, -0.2) is 20.6 Å². The van der Waals surface area contributed by atoms with Crippen LogP contribution in [-0.2, 0) is 0 Å². The first kappa shape index (κ1) is 13.3. The summed E-state index contributed by atoms with van der Waals surface area (Å²) < 4.78 is 3.44. The molecule has 2 N–H and O–H groups in total. The second-order valence-corrected chi connectivity index (χ2v) is 6.19. The van der Waals surface area contributed by atoms with E-state index in [2.05, 4.69) is 55.7 Å². The average molecular weight is 309 g/mol. The maximum absolute atomic E-state index is 4.11. The van der Waals surface area contributed by atoms with E-state index in [9.17, 15) is 0 Å². The van der Waals surface area contributed by atoms with Crippen LogP contribution in [0.5, 0.6) is 0 Å². The number of nitrogens with one attached hydrogen (secondary N) is 2. The Morgan fingerprint density at radius 2 is 1.91 bits per heavy atom. The summed E-state index contributed by atoms with van der Waals surface area (Å²) in [6.07, 6.45) is 2.48. The molecule has 1 saturated carbocycles. The molecule has 4 rings (SSSR count). The van der Waals surface area contributed by atoms with E-state index in [1.807, 2.05) is 18.2 Å². The first-order valence-corrected chi connectivity index (χ1v) is 8.08. The van der Waals surface area contributed by atoms with Crippen molar-refractivity contribution in [3.05, 3.63) is 54.1 Å². The molecule has 22 heavy (non-hydrogen) atoms. The Kier molecular flexibility index (Phi) is 3.52. The fourth-order valence-corrected chi connectivity index (χ4v) is 3.21. The van der Waals surface area contributed by atoms with Gasteiger partial charge in [0.05, 0.1) is 5.69 Å². The molecular formula is C16H15N5S. The fourth-order valence-electron chi connectivity index (χ4n) is 2.52. The molecule has 0 aliphatic heterocycles. The van der Waals surface area contributed by atoms with Crippen molar-refractivity contribution in [3.63, 3.8) is 0 Å². The van der Waals surface area contributed by atoms with Crippen LogP contribution in [0.1, 0.15) is 24.3 Å². The van der Waals surface area contributed by atoms with Gasteiger partial charge in [0.1, 0.15) is 0 Å². The number of H-pyrrole nitrogens is 1. The Labute approximate surface area is 132 Å². The second-order valence-electron chi connectivity index (χ2n) is 5.31. The van der Waals surface area contributed by atoms with Gasteiger partial charge in [-0.1, -0.05) is 30.3 Å². The lowest BCUT2D eigenvalue weighted by Gasteiger charge is -2.13. The molecule has 1 aliphatic carbocycles. The molecule has 0 amide bonds. The molecular weight excluding hydrogens is 294 g/mol. The molecule has 0 saturated heterocycles. The highest BCUT2D eigenvalue weighted by molar-refractivity contribution is 8.00. The largest absolute Gasteiger partial charge is 0.325 e. The number of hydrogen-bond donors (Lipinski definition) is 2. The normalized spacial score (nSPS) is 14.0. The number of tetrazole rings is 1. The maximum atomic E-state index is 4.11. The smallest absolute Gasteiger partial charge is 0.181 e. The Morgan fingerprint density at radius 3 is 2.64 bits per heavy atom. The molecule has 1 aromatic heterocycles. The van der Waals surface area contributed by atoms with Crippen molar-refractivity contribution < 1.29 is 0 Å². The first-order chi connectivity index (χ1) is 10.9. The zero-order valence-corrected chi connectivity index (χ0v) is 12.7. The van der Waals surface area contributed by atoms with Crippen LogP contribution in [0, 0.1) is 0 Å². The molecule has 1 heterocycles. The van der Waals surface area contributed by atoms with Crippen LogP contribution < -0.4 is 4.72 Å². The third-order valence-corrected chi connectivity index (χ3v) is 4.55. The Hall–Kier alpha value is -2.34. The number of aromatic amines is 1. The SMILES string of the molecule is c1ccc(SNc2cccc(C3CC3)c2-c2nnn[nH]2)cc1. The predicted molar refractivity (Wildman–Crippen MR) is 87.5 cm³/mol. The van der Waals surface area contributed by atoms with Gasteiger partial charge in [-0.15, -0.1) is 5.10 Å². The number of anilines is 1. The minimum absolute atomic E-state index is 0.628. The van der Waals surface area contributed by atoms with E-state index < -0.39 is 0 Å². The van der Waals surface area contributed by atoms with Crippen molar-refractivity contribution in [3.8, 4) is 11.4 Å². The molecule has 5 nitrogen and oxygen atoms in total. The van der Waals surface area contributed by atoms with Gasteiger partial charge in [-0.05, 0) is 64.9 Å². The molecule has 0 unspecified atom stereocenters. The zero-order valence-electron chi connectivity index (χ0n) is 11.9. The first-order valence-electron chi connectivity index (χ1n) is 7.27. The standard InChI is InChI=1S/C16H15N5S/c1-2-5-12(6-3-1)22-19-14-8-4-7-13(11-9-10-11)15(14)16-17-20-21-18-16/h1-8,11,19H,9-10H2,(H,17,18,20,21). The van der Waals surface area contributed by atoms with E-state index in [4.69, 9.17) is 0 Å². The second kappa shape index (κ2) is 5.81. The van der Waals surface area contributed by atoms with Crippen LogP contribution in [0.2, 0.25) is 0 Å². The minimum atomic E-state index is 0.628. The number of aromatic nitrogens is 4.